The third-order valence-electron chi connectivity index (χ3n) is 5.07. The Morgan fingerprint density at radius 3 is 2.75 bits per heavy atom. The van der Waals surface area contributed by atoms with E-state index in [9.17, 15) is 4.79 Å². The molecule has 1 aliphatic heterocycles. The molecule has 1 amide bonds. The highest BCUT2D eigenvalue weighted by Gasteiger charge is 2.35. The lowest BCUT2D eigenvalue weighted by Crippen LogP contribution is -2.51. The average Bonchev–Trinajstić information content (AvgIpc) is 3.10. The van der Waals surface area contributed by atoms with Crippen LogP contribution in [-0.4, -0.2) is 48.5 Å². The largest absolute Gasteiger partial charge is 0.353 e. The van der Waals surface area contributed by atoms with Gasteiger partial charge in [-0.25, -0.2) is 4.98 Å². The molecule has 2 atom stereocenters. The molecule has 1 saturated carbocycles. The number of halogens is 1. The highest BCUT2D eigenvalue weighted by molar-refractivity contribution is 5.85. The first kappa shape index (κ1) is 18.5. The topological polar surface area (TPSA) is 86.2 Å². The number of hydrogen-bond donors (Lipinski definition) is 1. The van der Waals surface area contributed by atoms with E-state index in [1.807, 2.05) is 4.90 Å². The Hall–Kier alpha value is -1.84. The van der Waals surface area contributed by atoms with Crippen molar-refractivity contribution in [1.29, 1.82) is 5.26 Å². The first-order valence-corrected chi connectivity index (χ1v) is 8.33. The fourth-order valence-electron chi connectivity index (χ4n) is 3.70. The Bertz CT molecular complexity index is 609. The number of aromatic nitrogens is 1. The van der Waals surface area contributed by atoms with Crippen molar-refractivity contribution in [2.24, 2.45) is 17.6 Å². The van der Waals surface area contributed by atoms with Gasteiger partial charge in [-0.3, -0.25) is 4.79 Å². The molecular formula is C17H24ClN5O. The molecule has 2 heterocycles. The molecule has 1 aromatic heterocycles. The number of hydrogen-bond acceptors (Lipinski definition) is 5. The van der Waals surface area contributed by atoms with E-state index in [1.165, 1.54) is 0 Å². The number of anilines is 1. The zero-order valence-electron chi connectivity index (χ0n) is 13.7. The zero-order chi connectivity index (χ0) is 16.2. The summed E-state index contributed by atoms with van der Waals surface area (Å²) in [6, 6.07) is 5.65. The van der Waals surface area contributed by atoms with Crippen LogP contribution in [0, 0.1) is 23.2 Å². The van der Waals surface area contributed by atoms with E-state index in [4.69, 9.17) is 11.0 Å². The normalized spacial score (nSPS) is 23.5. The van der Waals surface area contributed by atoms with Gasteiger partial charge in [-0.1, -0.05) is 6.42 Å². The number of nitrogens with zero attached hydrogens (tertiary/aromatic N) is 4. The lowest BCUT2D eigenvalue weighted by molar-refractivity contribution is -0.136. The van der Waals surface area contributed by atoms with Crippen molar-refractivity contribution in [1.82, 2.24) is 9.88 Å². The molecule has 2 aliphatic rings. The summed E-state index contributed by atoms with van der Waals surface area (Å²) in [5.41, 5.74) is 6.42. The number of nitriles is 1. The van der Waals surface area contributed by atoms with Gasteiger partial charge in [-0.15, -0.1) is 12.4 Å². The molecule has 0 radical (unpaired) electrons. The molecule has 6 nitrogen and oxygen atoms in total. The first-order valence-electron chi connectivity index (χ1n) is 8.33. The van der Waals surface area contributed by atoms with Crippen LogP contribution >= 0.6 is 12.4 Å². The van der Waals surface area contributed by atoms with Gasteiger partial charge in [0, 0.05) is 38.3 Å². The summed E-state index contributed by atoms with van der Waals surface area (Å²) in [6.07, 6.45) is 4.84. The minimum atomic E-state index is 0. The lowest BCUT2D eigenvalue weighted by atomic mass is 9.94. The molecule has 1 aliphatic carbocycles. The van der Waals surface area contributed by atoms with E-state index < -0.39 is 0 Å². The average molecular weight is 350 g/mol. The molecule has 7 heteroatoms. The van der Waals surface area contributed by atoms with Crippen LogP contribution in [0.25, 0.3) is 0 Å². The van der Waals surface area contributed by atoms with Crippen LogP contribution in [-0.2, 0) is 4.79 Å². The molecule has 2 fully saturated rings. The lowest BCUT2D eigenvalue weighted by Gasteiger charge is -2.37. The van der Waals surface area contributed by atoms with E-state index >= 15 is 0 Å². The summed E-state index contributed by atoms with van der Waals surface area (Å²) in [5.74, 6) is 1.56. The minimum absolute atomic E-state index is 0. The van der Waals surface area contributed by atoms with Gasteiger partial charge in [0.05, 0.1) is 11.6 Å². The number of pyridine rings is 1. The molecule has 0 spiro atoms. The van der Waals surface area contributed by atoms with Gasteiger partial charge in [0.15, 0.2) is 0 Å². The number of nitrogens with two attached hydrogens (primary N) is 1. The third-order valence-corrected chi connectivity index (χ3v) is 5.07. The number of carbonyl (C=O) groups is 1. The van der Waals surface area contributed by atoms with Crippen LogP contribution in [0.5, 0.6) is 0 Å². The van der Waals surface area contributed by atoms with Gasteiger partial charge in [-0.05, 0) is 37.4 Å². The van der Waals surface area contributed by atoms with Crippen molar-refractivity contribution in [2.45, 2.75) is 19.3 Å². The van der Waals surface area contributed by atoms with Crippen LogP contribution < -0.4 is 10.6 Å². The number of carbonyl (C=O) groups excluding carboxylic acids is 1. The summed E-state index contributed by atoms with van der Waals surface area (Å²) in [7, 11) is 0. The SMILES string of the molecule is Cl.N#Cc1ccnc(N2CCN(C(=O)[C@@H]3CCC[C@@H]3CN)CC2)c1. The van der Waals surface area contributed by atoms with E-state index in [1.54, 1.807) is 18.3 Å². The molecule has 0 unspecified atom stereocenters. The highest BCUT2D eigenvalue weighted by atomic mass is 35.5. The van der Waals surface area contributed by atoms with Crippen molar-refractivity contribution in [3.8, 4) is 6.07 Å². The van der Waals surface area contributed by atoms with E-state index in [2.05, 4.69) is 16.0 Å². The molecule has 24 heavy (non-hydrogen) atoms. The predicted molar refractivity (Wildman–Crippen MR) is 94.9 cm³/mol. The molecule has 2 N–H and O–H groups in total. The van der Waals surface area contributed by atoms with Crippen molar-refractivity contribution in [3.63, 3.8) is 0 Å². The third kappa shape index (κ3) is 3.80. The van der Waals surface area contributed by atoms with Crippen molar-refractivity contribution in [3.05, 3.63) is 23.9 Å². The fraction of sp³-hybridized carbons (Fsp3) is 0.588. The Balaban J connectivity index is 0.00000208. The Kier molecular flexibility index (Phi) is 6.41. The van der Waals surface area contributed by atoms with E-state index in [0.29, 0.717) is 31.1 Å². The predicted octanol–water partition coefficient (Wildman–Crippen LogP) is 1.40. The fourth-order valence-corrected chi connectivity index (χ4v) is 3.70. The first-order chi connectivity index (χ1) is 11.2. The molecule has 1 saturated heterocycles. The molecular weight excluding hydrogens is 326 g/mol. The van der Waals surface area contributed by atoms with Crippen molar-refractivity contribution in [2.75, 3.05) is 37.6 Å². The maximum atomic E-state index is 12.7. The van der Waals surface area contributed by atoms with Crippen LogP contribution in [0.3, 0.4) is 0 Å². The maximum Gasteiger partial charge on any atom is 0.226 e. The summed E-state index contributed by atoms with van der Waals surface area (Å²) in [5, 5.41) is 8.99. The Morgan fingerprint density at radius 1 is 1.33 bits per heavy atom. The van der Waals surface area contributed by atoms with Crippen molar-refractivity contribution >= 4 is 24.1 Å². The summed E-state index contributed by atoms with van der Waals surface area (Å²) >= 11 is 0. The van der Waals surface area contributed by atoms with Crippen LogP contribution in [0.2, 0.25) is 0 Å². The summed E-state index contributed by atoms with van der Waals surface area (Å²) < 4.78 is 0. The highest BCUT2D eigenvalue weighted by Crippen LogP contribution is 2.32. The number of piperazine rings is 1. The van der Waals surface area contributed by atoms with Gasteiger partial charge < -0.3 is 15.5 Å². The second kappa shape index (κ2) is 8.32. The second-order valence-corrected chi connectivity index (χ2v) is 6.36. The van der Waals surface area contributed by atoms with Gasteiger partial charge in [0.1, 0.15) is 5.82 Å². The number of amides is 1. The molecule has 130 valence electrons. The van der Waals surface area contributed by atoms with Crippen molar-refractivity contribution < 1.29 is 4.79 Å². The minimum Gasteiger partial charge on any atom is -0.353 e. The van der Waals surface area contributed by atoms with Crippen LogP contribution in [0.1, 0.15) is 24.8 Å². The summed E-state index contributed by atoms with van der Waals surface area (Å²) in [4.78, 5) is 21.2. The van der Waals surface area contributed by atoms with Gasteiger partial charge in [-0.2, -0.15) is 5.26 Å². The number of rotatable bonds is 3. The van der Waals surface area contributed by atoms with Gasteiger partial charge in [0.2, 0.25) is 5.91 Å². The molecule has 0 bridgehead atoms. The standard InChI is InChI=1S/C17H23N5O.ClH/c18-11-13-4-5-20-16(10-13)21-6-8-22(9-7-21)17(23)15-3-1-2-14(15)12-19;/h4-5,10,14-15H,1-3,6-9,12,19H2;1H/t14-,15-;/m1./s1. The second-order valence-electron chi connectivity index (χ2n) is 6.36. The quantitative estimate of drug-likeness (QED) is 0.891. The van der Waals surface area contributed by atoms with Crippen LogP contribution in [0.4, 0.5) is 5.82 Å². The van der Waals surface area contributed by atoms with Gasteiger partial charge >= 0.3 is 0 Å². The Morgan fingerprint density at radius 2 is 2.08 bits per heavy atom. The molecule has 3 rings (SSSR count). The molecule has 0 aromatic carbocycles. The zero-order valence-corrected chi connectivity index (χ0v) is 14.5. The van der Waals surface area contributed by atoms with Gasteiger partial charge in [0.25, 0.3) is 0 Å². The smallest absolute Gasteiger partial charge is 0.226 e. The Labute approximate surface area is 149 Å². The maximum absolute atomic E-state index is 12.7. The van der Waals surface area contributed by atoms with Crippen LogP contribution in [0.15, 0.2) is 18.3 Å². The van der Waals surface area contributed by atoms with E-state index in [0.717, 1.165) is 38.2 Å². The monoisotopic (exact) mass is 349 g/mol. The summed E-state index contributed by atoms with van der Waals surface area (Å²) in [6.45, 7) is 3.55. The molecule has 1 aromatic rings. The van der Waals surface area contributed by atoms with E-state index in [-0.39, 0.29) is 24.2 Å².